The van der Waals surface area contributed by atoms with E-state index in [1.807, 2.05) is 13.0 Å². The van der Waals surface area contributed by atoms with Gasteiger partial charge in [-0.05, 0) is 31.2 Å². The van der Waals surface area contributed by atoms with Gasteiger partial charge in [0.1, 0.15) is 11.6 Å². The van der Waals surface area contributed by atoms with Crippen molar-refractivity contribution in [2.45, 2.75) is 13.0 Å². The fourth-order valence-electron chi connectivity index (χ4n) is 2.43. The van der Waals surface area contributed by atoms with Crippen molar-refractivity contribution in [2.75, 3.05) is 19.3 Å². The fourth-order valence-corrected chi connectivity index (χ4v) is 3.40. The molecule has 8 heteroatoms. The van der Waals surface area contributed by atoms with Crippen LogP contribution in [0.15, 0.2) is 51.1 Å². The molecule has 2 aliphatic heterocycles. The van der Waals surface area contributed by atoms with Gasteiger partial charge in [-0.1, -0.05) is 0 Å². The number of likely N-dealkylation sites (N-methyl/N-ethyl adjacent to an activating group) is 1. The average Bonchev–Trinajstić information content (AvgIpc) is 3.06. The van der Waals surface area contributed by atoms with Crippen LogP contribution in [0.25, 0.3) is 0 Å². The summed E-state index contributed by atoms with van der Waals surface area (Å²) in [6, 6.07) is 3.39. The largest absolute Gasteiger partial charge is 0.467 e. The predicted octanol–water partition coefficient (Wildman–Crippen LogP) is 1.30. The molecule has 0 aliphatic carbocycles. The van der Waals surface area contributed by atoms with E-state index in [1.54, 1.807) is 47.5 Å². The zero-order chi connectivity index (χ0) is 16.6. The number of fused-ring (bicyclic) bond motifs is 1. The Bertz CT molecular complexity index is 806. The number of sulfonamides is 1. The van der Waals surface area contributed by atoms with Crippen LogP contribution >= 0.6 is 0 Å². The second-order valence-electron chi connectivity index (χ2n) is 5.45. The second-order valence-corrected chi connectivity index (χ2v) is 7.21. The molecule has 1 aromatic heterocycles. The lowest BCUT2D eigenvalue weighted by atomic mass is 10.1. The topological polar surface area (TPSA) is 83.2 Å². The van der Waals surface area contributed by atoms with Crippen LogP contribution in [0.1, 0.15) is 18.7 Å². The maximum atomic E-state index is 12.6. The van der Waals surface area contributed by atoms with Crippen molar-refractivity contribution in [1.82, 2.24) is 9.80 Å². The zero-order valence-corrected chi connectivity index (χ0v) is 13.7. The van der Waals surface area contributed by atoms with Gasteiger partial charge in [0.2, 0.25) is 0 Å². The molecule has 1 unspecified atom stereocenters. The number of amides is 1. The Morgan fingerprint density at radius 2 is 2.22 bits per heavy atom. The van der Waals surface area contributed by atoms with Gasteiger partial charge in [-0.2, -0.15) is 0 Å². The molecule has 23 heavy (non-hydrogen) atoms. The van der Waals surface area contributed by atoms with Gasteiger partial charge in [-0.3, -0.25) is 4.79 Å². The van der Waals surface area contributed by atoms with E-state index in [-0.39, 0.29) is 17.7 Å². The summed E-state index contributed by atoms with van der Waals surface area (Å²) < 4.78 is 32.0. The van der Waals surface area contributed by atoms with Gasteiger partial charge in [-0.25, -0.2) is 8.42 Å². The van der Waals surface area contributed by atoms with Crippen LogP contribution in [0, 0.1) is 0 Å². The first-order chi connectivity index (χ1) is 10.9. The number of hydrogen-bond acceptors (Lipinski definition) is 5. The van der Waals surface area contributed by atoms with Crippen molar-refractivity contribution >= 4 is 21.8 Å². The zero-order valence-electron chi connectivity index (χ0n) is 12.8. The molecule has 0 saturated heterocycles. The smallest absolute Gasteiger partial charge is 0.256 e. The predicted molar refractivity (Wildman–Crippen MR) is 85.0 cm³/mol. The lowest BCUT2D eigenvalue weighted by Gasteiger charge is -2.29. The standard InChI is InChI=1S/C15H17N3O4S/c1-11(13-4-3-8-22-13)17(2)15(19)12-5-6-14-16-23(20,21)9-7-18(14)10-12/h3-6,8,10-11H,7,9H2,1-2H3. The van der Waals surface area contributed by atoms with Crippen LogP contribution < -0.4 is 0 Å². The molecular weight excluding hydrogens is 318 g/mol. The van der Waals surface area contributed by atoms with Crippen LogP contribution in [0.2, 0.25) is 0 Å². The highest BCUT2D eigenvalue weighted by Gasteiger charge is 2.27. The summed E-state index contributed by atoms with van der Waals surface area (Å²) in [6.45, 7) is 2.17. The third-order valence-corrected chi connectivity index (χ3v) is 5.09. The molecule has 0 N–H and O–H groups in total. The van der Waals surface area contributed by atoms with E-state index in [4.69, 9.17) is 4.42 Å². The van der Waals surface area contributed by atoms with Gasteiger partial charge >= 0.3 is 0 Å². The van der Waals surface area contributed by atoms with Crippen LogP contribution in [0.4, 0.5) is 0 Å². The Morgan fingerprint density at radius 3 is 2.91 bits per heavy atom. The quantitative estimate of drug-likeness (QED) is 0.831. The lowest BCUT2D eigenvalue weighted by molar-refractivity contribution is -0.127. The highest BCUT2D eigenvalue weighted by Crippen LogP contribution is 2.23. The molecule has 0 aromatic carbocycles. The van der Waals surface area contributed by atoms with Gasteiger partial charge in [0.05, 0.1) is 23.6 Å². The molecular formula is C15H17N3O4S. The number of hydrogen-bond donors (Lipinski definition) is 0. The van der Waals surface area contributed by atoms with E-state index >= 15 is 0 Å². The molecule has 1 amide bonds. The van der Waals surface area contributed by atoms with E-state index in [9.17, 15) is 13.2 Å². The first-order valence-corrected chi connectivity index (χ1v) is 8.78. The monoisotopic (exact) mass is 335 g/mol. The van der Waals surface area contributed by atoms with E-state index in [0.717, 1.165) is 0 Å². The molecule has 1 aromatic rings. The Hall–Kier alpha value is -2.35. The number of amidine groups is 1. The average molecular weight is 335 g/mol. The number of carbonyl (C=O) groups excluding carboxylic acids is 1. The van der Waals surface area contributed by atoms with E-state index < -0.39 is 10.0 Å². The SMILES string of the molecule is CC(c1ccco1)N(C)C(=O)C1=CN2CCS(=O)(=O)N=C2C=C1. The van der Waals surface area contributed by atoms with E-state index in [2.05, 4.69) is 4.40 Å². The maximum Gasteiger partial charge on any atom is 0.256 e. The normalized spacial score (nSPS) is 20.3. The Morgan fingerprint density at radius 1 is 1.43 bits per heavy atom. The summed E-state index contributed by atoms with van der Waals surface area (Å²) in [5.74, 6) is 0.820. The number of nitrogens with zero attached hydrogens (tertiary/aromatic N) is 3. The molecule has 3 rings (SSSR count). The van der Waals surface area contributed by atoms with Crippen molar-refractivity contribution in [3.05, 3.63) is 48.1 Å². The van der Waals surface area contributed by atoms with Crippen LogP contribution in [-0.2, 0) is 14.8 Å². The Balaban J connectivity index is 1.79. The summed E-state index contributed by atoms with van der Waals surface area (Å²) in [5, 5.41) is 0. The first kappa shape index (κ1) is 15.5. The summed E-state index contributed by atoms with van der Waals surface area (Å²) in [4.78, 5) is 15.9. The van der Waals surface area contributed by atoms with Gasteiger partial charge in [0.25, 0.3) is 15.9 Å². The Labute approximate surface area is 134 Å². The third kappa shape index (κ3) is 3.07. The molecule has 0 fully saturated rings. The van der Waals surface area contributed by atoms with E-state index in [1.165, 1.54) is 0 Å². The Kier molecular flexibility index (Phi) is 3.85. The molecule has 0 radical (unpaired) electrons. The van der Waals surface area contributed by atoms with Crippen molar-refractivity contribution in [3.8, 4) is 0 Å². The fraction of sp³-hybridized carbons (Fsp3) is 0.333. The molecule has 7 nitrogen and oxygen atoms in total. The number of carbonyl (C=O) groups is 1. The highest BCUT2D eigenvalue weighted by molar-refractivity contribution is 7.90. The van der Waals surface area contributed by atoms with Crippen molar-refractivity contribution < 1.29 is 17.6 Å². The molecule has 0 spiro atoms. The molecule has 122 valence electrons. The minimum absolute atomic E-state index is 0.0546. The van der Waals surface area contributed by atoms with Gasteiger partial charge in [-0.15, -0.1) is 4.40 Å². The van der Waals surface area contributed by atoms with Gasteiger partial charge < -0.3 is 14.2 Å². The highest BCUT2D eigenvalue weighted by atomic mass is 32.2. The van der Waals surface area contributed by atoms with Crippen molar-refractivity contribution in [3.63, 3.8) is 0 Å². The first-order valence-electron chi connectivity index (χ1n) is 7.17. The second kappa shape index (κ2) is 5.69. The third-order valence-electron chi connectivity index (χ3n) is 3.93. The van der Waals surface area contributed by atoms with Crippen LogP contribution in [0.3, 0.4) is 0 Å². The van der Waals surface area contributed by atoms with Crippen molar-refractivity contribution in [2.24, 2.45) is 4.40 Å². The maximum absolute atomic E-state index is 12.6. The minimum Gasteiger partial charge on any atom is -0.467 e. The molecule has 0 saturated carbocycles. The summed E-state index contributed by atoms with van der Waals surface area (Å²) in [7, 11) is -1.69. The lowest BCUT2D eigenvalue weighted by Crippen LogP contribution is -2.38. The van der Waals surface area contributed by atoms with Crippen molar-refractivity contribution in [1.29, 1.82) is 0 Å². The summed E-state index contributed by atoms with van der Waals surface area (Å²) in [6.07, 6.45) is 6.35. The summed E-state index contributed by atoms with van der Waals surface area (Å²) in [5.41, 5.74) is 0.476. The number of furan rings is 1. The molecule has 0 bridgehead atoms. The molecule has 1 atom stereocenters. The number of rotatable bonds is 3. The minimum atomic E-state index is -3.39. The van der Waals surface area contributed by atoms with Crippen LogP contribution in [0.5, 0.6) is 0 Å². The van der Waals surface area contributed by atoms with Gasteiger partial charge in [0, 0.05) is 19.8 Å². The van der Waals surface area contributed by atoms with E-state index in [0.29, 0.717) is 23.7 Å². The molecule has 3 heterocycles. The van der Waals surface area contributed by atoms with Gasteiger partial charge in [0.15, 0.2) is 0 Å². The van der Waals surface area contributed by atoms with Crippen LogP contribution in [-0.4, -0.2) is 49.3 Å². The molecule has 2 aliphatic rings. The summed E-state index contributed by atoms with van der Waals surface area (Å²) >= 11 is 0.